The van der Waals surface area contributed by atoms with Gasteiger partial charge in [-0.05, 0) is 99.9 Å². The van der Waals surface area contributed by atoms with Crippen LogP contribution in [0.1, 0.15) is 49.3 Å². The van der Waals surface area contributed by atoms with E-state index in [1.165, 1.54) is 27.2 Å². The van der Waals surface area contributed by atoms with Crippen LogP contribution in [0.25, 0.3) is 5.57 Å². The molecular weight excluding hydrogens is 414 g/mol. The Bertz CT molecular complexity index is 983. The predicted octanol–water partition coefficient (Wildman–Crippen LogP) is 5.90. The zero-order valence-corrected chi connectivity index (χ0v) is 21.0. The molecule has 32 heavy (non-hydrogen) atoms. The highest BCUT2D eigenvalue weighted by molar-refractivity contribution is 7.98. The van der Waals surface area contributed by atoms with E-state index >= 15 is 0 Å². The van der Waals surface area contributed by atoms with Crippen LogP contribution < -0.4 is 0 Å². The molecule has 1 saturated carbocycles. The van der Waals surface area contributed by atoms with E-state index < -0.39 is 5.60 Å². The van der Waals surface area contributed by atoms with E-state index in [9.17, 15) is 5.11 Å². The van der Waals surface area contributed by atoms with Crippen LogP contribution in [0.3, 0.4) is 0 Å². The summed E-state index contributed by atoms with van der Waals surface area (Å²) in [5.74, 6) is 0.0950. The normalized spacial score (nSPS) is 28.5. The van der Waals surface area contributed by atoms with Gasteiger partial charge in [-0.2, -0.15) is 0 Å². The van der Waals surface area contributed by atoms with Crippen molar-refractivity contribution in [3.8, 4) is 0 Å². The van der Waals surface area contributed by atoms with Gasteiger partial charge in [0.05, 0.1) is 17.8 Å². The Morgan fingerprint density at radius 2 is 1.78 bits per heavy atom. The first-order valence-electron chi connectivity index (χ1n) is 11.7. The average Bonchev–Trinajstić information content (AvgIpc) is 2.79. The van der Waals surface area contributed by atoms with E-state index in [2.05, 4.69) is 87.6 Å². The standard InChI is InChI=1S/C28H37NO2S/c1-20-8-6-7-9-25(20)26-14-17-31-27(21(26)2)15-16-28(30,23(18-27)19-29(3)4)22-10-12-24(32-5)13-11-22/h6-13,23,30H,14-19H2,1-5H3. The summed E-state index contributed by atoms with van der Waals surface area (Å²) >= 11 is 1.74. The predicted molar refractivity (Wildman–Crippen MR) is 135 cm³/mol. The number of hydrogen-bond acceptors (Lipinski definition) is 4. The maximum absolute atomic E-state index is 12.0. The van der Waals surface area contributed by atoms with Crippen molar-refractivity contribution in [2.75, 3.05) is 33.5 Å². The Hall–Kier alpha value is -1.59. The van der Waals surface area contributed by atoms with Gasteiger partial charge >= 0.3 is 0 Å². The summed E-state index contributed by atoms with van der Waals surface area (Å²) in [6.45, 7) is 6.05. The van der Waals surface area contributed by atoms with Gasteiger partial charge in [0.15, 0.2) is 0 Å². The van der Waals surface area contributed by atoms with Gasteiger partial charge in [0, 0.05) is 17.4 Å². The van der Waals surface area contributed by atoms with Crippen LogP contribution in [0.15, 0.2) is 59.0 Å². The topological polar surface area (TPSA) is 32.7 Å². The second kappa shape index (κ2) is 9.34. The van der Waals surface area contributed by atoms with Crippen molar-refractivity contribution in [1.29, 1.82) is 0 Å². The molecule has 2 aromatic carbocycles. The summed E-state index contributed by atoms with van der Waals surface area (Å²) < 4.78 is 6.60. The minimum Gasteiger partial charge on any atom is -0.385 e. The first-order valence-corrected chi connectivity index (χ1v) is 12.9. The van der Waals surface area contributed by atoms with Crippen LogP contribution in [-0.4, -0.2) is 49.1 Å². The maximum Gasteiger partial charge on any atom is 0.0939 e. The maximum atomic E-state index is 12.0. The van der Waals surface area contributed by atoms with Crippen molar-refractivity contribution in [3.05, 3.63) is 70.8 Å². The van der Waals surface area contributed by atoms with Crippen molar-refractivity contribution in [2.45, 2.75) is 55.6 Å². The molecular formula is C28H37NO2S. The minimum absolute atomic E-state index is 0.0950. The van der Waals surface area contributed by atoms with Gasteiger partial charge in [0.2, 0.25) is 0 Å². The Balaban J connectivity index is 1.72. The lowest BCUT2D eigenvalue weighted by atomic mass is 9.62. The lowest BCUT2D eigenvalue weighted by molar-refractivity contribution is -0.142. The number of aliphatic hydroxyl groups is 1. The van der Waals surface area contributed by atoms with Gasteiger partial charge in [-0.25, -0.2) is 0 Å². The lowest BCUT2D eigenvalue weighted by Gasteiger charge is -2.52. The second-order valence-corrected chi connectivity index (χ2v) is 10.7. The highest BCUT2D eigenvalue weighted by Gasteiger charge is 2.52. The van der Waals surface area contributed by atoms with Crippen LogP contribution in [0, 0.1) is 12.8 Å². The molecule has 4 heteroatoms. The third kappa shape index (κ3) is 4.31. The van der Waals surface area contributed by atoms with Crippen LogP contribution >= 0.6 is 11.8 Å². The highest BCUT2D eigenvalue weighted by Crippen LogP contribution is 2.52. The SMILES string of the molecule is CSc1ccc(C2(O)CCC3(CC2CN(C)C)OCCC(c2ccccc2C)=C3C)cc1. The fourth-order valence-corrected chi connectivity index (χ4v) is 6.23. The van der Waals surface area contributed by atoms with Crippen LogP contribution in [0.5, 0.6) is 0 Å². The fourth-order valence-electron chi connectivity index (χ4n) is 5.82. The zero-order chi connectivity index (χ0) is 22.9. The zero-order valence-electron chi connectivity index (χ0n) is 20.1. The molecule has 1 spiro atoms. The number of ether oxygens (including phenoxy) is 1. The largest absolute Gasteiger partial charge is 0.385 e. The molecule has 0 aromatic heterocycles. The molecule has 1 heterocycles. The molecule has 0 radical (unpaired) electrons. The third-order valence-corrected chi connectivity index (χ3v) is 8.42. The molecule has 3 atom stereocenters. The molecule has 0 saturated heterocycles. The lowest BCUT2D eigenvalue weighted by Crippen LogP contribution is -2.53. The van der Waals surface area contributed by atoms with Gasteiger partial charge < -0.3 is 14.7 Å². The van der Waals surface area contributed by atoms with Gasteiger partial charge in [-0.1, -0.05) is 36.4 Å². The molecule has 1 N–H and O–H groups in total. The number of thioether (sulfide) groups is 1. The summed E-state index contributed by atoms with van der Waals surface area (Å²) in [5, 5.41) is 12.0. The number of nitrogens with zero attached hydrogens (tertiary/aromatic N) is 1. The van der Waals surface area contributed by atoms with Crippen LogP contribution in [-0.2, 0) is 10.3 Å². The average molecular weight is 452 g/mol. The van der Waals surface area contributed by atoms with Crippen molar-refractivity contribution in [1.82, 2.24) is 4.90 Å². The van der Waals surface area contributed by atoms with Gasteiger partial charge in [0.25, 0.3) is 0 Å². The number of benzene rings is 2. The van der Waals surface area contributed by atoms with Crippen molar-refractivity contribution >= 4 is 17.3 Å². The second-order valence-electron chi connectivity index (χ2n) is 9.83. The fraction of sp³-hybridized carbons (Fsp3) is 0.500. The highest BCUT2D eigenvalue weighted by atomic mass is 32.2. The third-order valence-electron chi connectivity index (χ3n) is 7.67. The van der Waals surface area contributed by atoms with Gasteiger partial charge in [-0.15, -0.1) is 11.8 Å². The van der Waals surface area contributed by atoms with Crippen LogP contribution in [0.2, 0.25) is 0 Å². The van der Waals surface area contributed by atoms with E-state index in [0.717, 1.165) is 38.0 Å². The molecule has 0 bridgehead atoms. The summed E-state index contributed by atoms with van der Waals surface area (Å²) in [4.78, 5) is 3.43. The molecule has 3 nitrogen and oxygen atoms in total. The van der Waals surface area contributed by atoms with E-state index in [0.29, 0.717) is 6.42 Å². The Labute approximate surface area is 197 Å². The van der Waals surface area contributed by atoms with E-state index in [1.54, 1.807) is 11.8 Å². The van der Waals surface area contributed by atoms with E-state index in [-0.39, 0.29) is 11.5 Å². The Morgan fingerprint density at radius 1 is 1.06 bits per heavy atom. The van der Waals surface area contributed by atoms with Gasteiger partial charge in [0.1, 0.15) is 0 Å². The minimum atomic E-state index is -0.837. The van der Waals surface area contributed by atoms with E-state index in [4.69, 9.17) is 4.74 Å². The Kier molecular flexibility index (Phi) is 6.88. The molecule has 2 aromatic rings. The van der Waals surface area contributed by atoms with Crippen molar-refractivity contribution in [3.63, 3.8) is 0 Å². The molecule has 3 unspecified atom stereocenters. The number of aryl methyl sites for hydroxylation is 1. The monoisotopic (exact) mass is 451 g/mol. The molecule has 1 fully saturated rings. The molecule has 1 aliphatic heterocycles. The number of rotatable bonds is 5. The first kappa shape index (κ1) is 23.6. The van der Waals surface area contributed by atoms with E-state index in [1.807, 2.05) is 0 Å². The summed E-state index contributed by atoms with van der Waals surface area (Å²) in [6, 6.07) is 17.2. The molecule has 172 valence electrons. The summed E-state index contributed by atoms with van der Waals surface area (Å²) in [6.07, 6.45) is 5.44. The number of hydrogen-bond donors (Lipinski definition) is 1. The molecule has 1 aliphatic carbocycles. The van der Waals surface area contributed by atoms with Crippen molar-refractivity contribution in [2.24, 2.45) is 5.92 Å². The smallest absolute Gasteiger partial charge is 0.0939 e. The summed E-state index contributed by atoms with van der Waals surface area (Å²) in [5.41, 5.74) is 5.39. The first-order chi connectivity index (χ1) is 15.3. The molecule has 2 aliphatic rings. The molecule has 0 amide bonds. The Morgan fingerprint density at radius 3 is 2.44 bits per heavy atom. The summed E-state index contributed by atoms with van der Waals surface area (Å²) in [7, 11) is 4.20. The van der Waals surface area contributed by atoms with Crippen LogP contribution in [0.4, 0.5) is 0 Å². The molecule has 4 rings (SSSR count). The van der Waals surface area contributed by atoms with Crippen molar-refractivity contribution < 1.29 is 9.84 Å². The van der Waals surface area contributed by atoms with Gasteiger partial charge in [-0.3, -0.25) is 0 Å². The quantitative estimate of drug-likeness (QED) is 0.574.